The van der Waals surface area contributed by atoms with Gasteiger partial charge in [0.2, 0.25) is 5.95 Å². The highest BCUT2D eigenvalue weighted by molar-refractivity contribution is 5.90. The van der Waals surface area contributed by atoms with Crippen molar-refractivity contribution in [3.8, 4) is 5.75 Å². The minimum absolute atomic E-state index is 0. The van der Waals surface area contributed by atoms with E-state index in [4.69, 9.17) is 14.7 Å². The zero-order chi connectivity index (χ0) is 22.3. The third kappa shape index (κ3) is 6.35. The normalized spacial score (nSPS) is 17.9. The van der Waals surface area contributed by atoms with E-state index in [2.05, 4.69) is 45.9 Å². The molecule has 1 aliphatic rings. The zero-order valence-corrected chi connectivity index (χ0v) is 19.5. The Morgan fingerprint density at radius 2 is 1.70 bits per heavy atom. The number of ether oxygens (including phenoxy) is 1. The number of nitrogens with zero attached hydrogens (tertiary/aromatic N) is 3. The van der Waals surface area contributed by atoms with Crippen molar-refractivity contribution in [3.05, 3.63) is 54.1 Å². The summed E-state index contributed by atoms with van der Waals surface area (Å²) >= 11 is 0. The molecule has 178 valence electrons. The van der Waals surface area contributed by atoms with Crippen LogP contribution in [0.4, 0.5) is 11.8 Å². The van der Waals surface area contributed by atoms with Gasteiger partial charge in [0.25, 0.3) is 0 Å². The molecule has 0 atom stereocenters. The van der Waals surface area contributed by atoms with Crippen molar-refractivity contribution >= 4 is 22.7 Å². The zero-order valence-electron chi connectivity index (χ0n) is 19.5. The second-order valence-electron chi connectivity index (χ2n) is 8.80. The first-order chi connectivity index (χ1) is 15.6. The van der Waals surface area contributed by atoms with Gasteiger partial charge in [0, 0.05) is 44.2 Å². The molecule has 4 rings (SSSR count). The highest BCUT2D eigenvalue weighted by Gasteiger charge is 2.21. The van der Waals surface area contributed by atoms with E-state index in [1.165, 1.54) is 31.2 Å². The van der Waals surface area contributed by atoms with E-state index in [1.807, 2.05) is 39.2 Å². The molecule has 6 heteroatoms. The molecule has 6 nitrogen and oxygen atoms in total. The Kier molecular flexibility index (Phi) is 8.89. The van der Waals surface area contributed by atoms with E-state index in [0.29, 0.717) is 18.6 Å². The van der Waals surface area contributed by atoms with Gasteiger partial charge in [-0.15, -0.1) is 0 Å². The predicted octanol–water partition coefficient (Wildman–Crippen LogP) is 5.49. The summed E-state index contributed by atoms with van der Waals surface area (Å²) in [6, 6.07) is 17.1. The minimum Gasteiger partial charge on any atom is -0.494 e. The third-order valence-corrected chi connectivity index (χ3v) is 6.26. The Morgan fingerprint density at radius 1 is 0.970 bits per heavy atom. The van der Waals surface area contributed by atoms with Gasteiger partial charge in [-0.2, -0.15) is 4.98 Å². The molecule has 2 aromatic carbocycles. The van der Waals surface area contributed by atoms with E-state index in [-0.39, 0.29) is 7.43 Å². The highest BCUT2D eigenvalue weighted by atomic mass is 16.5. The summed E-state index contributed by atoms with van der Waals surface area (Å²) in [5.41, 5.74) is 2.22. The van der Waals surface area contributed by atoms with Crippen molar-refractivity contribution < 1.29 is 4.74 Å². The molecule has 1 aliphatic carbocycles. The molecule has 0 aliphatic heterocycles. The maximum atomic E-state index is 5.75. The summed E-state index contributed by atoms with van der Waals surface area (Å²) in [6.07, 6.45) is 4.83. The molecule has 1 aromatic heterocycles. The summed E-state index contributed by atoms with van der Waals surface area (Å²) in [5.74, 6) is 3.33. The van der Waals surface area contributed by atoms with Crippen molar-refractivity contribution in [1.29, 1.82) is 0 Å². The summed E-state index contributed by atoms with van der Waals surface area (Å²) in [7, 11) is 4.05. The Hall–Kier alpha value is -2.86. The molecule has 3 aromatic rings. The van der Waals surface area contributed by atoms with Crippen LogP contribution in [0.2, 0.25) is 0 Å². The second-order valence-corrected chi connectivity index (χ2v) is 8.80. The van der Waals surface area contributed by atoms with Crippen LogP contribution in [0.1, 0.15) is 45.6 Å². The van der Waals surface area contributed by atoms with Crippen LogP contribution in [0.5, 0.6) is 5.75 Å². The summed E-state index contributed by atoms with van der Waals surface area (Å²) < 4.78 is 5.75. The number of hydrogen-bond donors (Lipinski definition) is 2. The Morgan fingerprint density at radius 3 is 2.45 bits per heavy atom. The van der Waals surface area contributed by atoms with Gasteiger partial charge in [0.15, 0.2) is 0 Å². The molecule has 1 saturated carbocycles. The molecule has 0 unspecified atom stereocenters. The van der Waals surface area contributed by atoms with Crippen molar-refractivity contribution in [2.24, 2.45) is 5.92 Å². The van der Waals surface area contributed by atoms with Crippen LogP contribution in [-0.2, 0) is 6.54 Å². The van der Waals surface area contributed by atoms with Gasteiger partial charge in [-0.05, 0) is 56.7 Å². The lowest BCUT2D eigenvalue weighted by Gasteiger charge is -2.29. The Labute approximate surface area is 198 Å². The molecule has 0 spiro atoms. The van der Waals surface area contributed by atoms with Crippen molar-refractivity contribution in [2.45, 2.75) is 52.6 Å². The number of hydrogen-bond acceptors (Lipinski definition) is 6. The average molecular weight is 450 g/mol. The summed E-state index contributed by atoms with van der Waals surface area (Å²) in [6.45, 7) is 4.52. The highest BCUT2D eigenvalue weighted by Crippen LogP contribution is 2.27. The fourth-order valence-electron chi connectivity index (χ4n) is 4.49. The first kappa shape index (κ1) is 24.8. The Bertz CT molecular complexity index is 1010. The van der Waals surface area contributed by atoms with Crippen molar-refractivity contribution in [1.82, 2.24) is 15.3 Å². The third-order valence-electron chi connectivity index (χ3n) is 6.26. The van der Waals surface area contributed by atoms with Crippen LogP contribution in [0.25, 0.3) is 10.9 Å². The largest absolute Gasteiger partial charge is 0.494 e. The van der Waals surface area contributed by atoms with Crippen molar-refractivity contribution in [2.75, 3.05) is 37.5 Å². The topological polar surface area (TPSA) is 62.3 Å². The van der Waals surface area contributed by atoms with Gasteiger partial charge in [0.1, 0.15) is 11.6 Å². The number of aromatic nitrogens is 2. The van der Waals surface area contributed by atoms with Crippen molar-refractivity contribution in [3.63, 3.8) is 0 Å². The molecule has 2 N–H and O–H groups in total. The van der Waals surface area contributed by atoms with Gasteiger partial charge < -0.3 is 20.3 Å². The molecule has 33 heavy (non-hydrogen) atoms. The molecule has 1 heterocycles. The molecule has 0 bridgehead atoms. The maximum Gasteiger partial charge on any atom is 0.225 e. The van der Waals surface area contributed by atoms with Crippen LogP contribution in [0.3, 0.4) is 0 Å². The number of benzene rings is 2. The Balaban J connectivity index is 0.00000306. The van der Waals surface area contributed by atoms with E-state index in [0.717, 1.165) is 41.5 Å². The molecular weight excluding hydrogens is 410 g/mol. The lowest BCUT2D eigenvalue weighted by molar-refractivity contribution is 0.296. The summed E-state index contributed by atoms with van der Waals surface area (Å²) in [5, 5.41) is 8.33. The first-order valence-electron chi connectivity index (χ1n) is 11.8. The minimum atomic E-state index is 0. The van der Waals surface area contributed by atoms with Gasteiger partial charge >= 0.3 is 0 Å². The fraction of sp³-hybridized carbons (Fsp3) is 0.481. The van der Waals surface area contributed by atoms with E-state index in [1.54, 1.807) is 0 Å². The number of anilines is 2. The maximum absolute atomic E-state index is 5.75. The first-order valence-corrected chi connectivity index (χ1v) is 11.8. The fourth-order valence-corrected chi connectivity index (χ4v) is 4.49. The second kappa shape index (κ2) is 11.8. The predicted molar refractivity (Wildman–Crippen MR) is 139 cm³/mol. The van der Waals surface area contributed by atoms with Crippen LogP contribution in [0, 0.1) is 5.92 Å². The standard InChI is InChI=1S/C26H35N5O.CH4/c1-4-32-24-12-8-5-9-20(24)18-27-21-15-13-19(14-16-21)17-28-26-29-23-11-7-6-10-22(23)25(30-26)31(2)3;/h5-12,19,21,27H,4,13-18H2,1-3H3,(H,28,29,30);1H4. The van der Waals surface area contributed by atoms with E-state index in [9.17, 15) is 0 Å². The smallest absolute Gasteiger partial charge is 0.225 e. The van der Waals surface area contributed by atoms with E-state index < -0.39 is 0 Å². The quantitative estimate of drug-likeness (QED) is 0.450. The molecule has 0 saturated heterocycles. The van der Waals surface area contributed by atoms with E-state index >= 15 is 0 Å². The lowest BCUT2D eigenvalue weighted by Crippen LogP contribution is -2.34. The number of rotatable bonds is 9. The number of fused-ring (bicyclic) bond motifs is 1. The van der Waals surface area contributed by atoms with Crippen LogP contribution < -0.4 is 20.3 Å². The lowest BCUT2D eigenvalue weighted by atomic mass is 9.86. The number of para-hydroxylation sites is 2. The van der Waals surface area contributed by atoms with Crippen LogP contribution in [-0.4, -0.2) is 43.3 Å². The summed E-state index contributed by atoms with van der Waals surface area (Å²) in [4.78, 5) is 11.5. The number of nitrogens with one attached hydrogen (secondary N) is 2. The van der Waals surface area contributed by atoms with Crippen LogP contribution in [0.15, 0.2) is 48.5 Å². The van der Waals surface area contributed by atoms with Gasteiger partial charge in [-0.1, -0.05) is 37.8 Å². The van der Waals surface area contributed by atoms with Gasteiger partial charge in [-0.3, -0.25) is 0 Å². The van der Waals surface area contributed by atoms with Gasteiger partial charge in [0.05, 0.1) is 12.1 Å². The van der Waals surface area contributed by atoms with Gasteiger partial charge in [-0.25, -0.2) is 4.98 Å². The molecular formula is C27H39N5O. The molecule has 1 fully saturated rings. The van der Waals surface area contributed by atoms with Crippen LogP contribution >= 0.6 is 0 Å². The average Bonchev–Trinajstić information content (AvgIpc) is 2.82. The monoisotopic (exact) mass is 449 g/mol. The SMILES string of the molecule is C.CCOc1ccccc1CNC1CCC(CNc2nc(N(C)C)c3ccccc3n2)CC1. The molecule has 0 amide bonds. The molecule has 0 radical (unpaired) electrons.